The molecule has 0 fully saturated rings. The minimum absolute atomic E-state index is 0.273. The highest BCUT2D eigenvalue weighted by molar-refractivity contribution is 6.04. The number of aromatic nitrogens is 1. The Balaban J connectivity index is 2.43. The van der Waals surface area contributed by atoms with E-state index in [-0.39, 0.29) is 5.97 Å². The summed E-state index contributed by atoms with van der Waals surface area (Å²) >= 11 is 0. The summed E-state index contributed by atoms with van der Waals surface area (Å²) in [5.74, 6) is -0.273. The first-order valence-electron chi connectivity index (χ1n) is 6.02. The number of carbonyl (C=O) groups excluding carboxylic acids is 1. The fraction of sp³-hybridized carbons (Fsp3) is 0.357. The van der Waals surface area contributed by atoms with Crippen LogP contribution in [0.25, 0.3) is 10.9 Å². The Labute approximate surface area is 106 Å². The molecule has 4 nitrogen and oxygen atoms in total. The molecule has 18 heavy (non-hydrogen) atoms. The van der Waals surface area contributed by atoms with Gasteiger partial charge in [0.05, 0.1) is 18.8 Å². The molecule has 0 N–H and O–H groups in total. The third-order valence-corrected chi connectivity index (χ3v) is 2.82. The number of ether oxygens (including phenoxy) is 2. The molecule has 0 unspecified atom stereocenters. The van der Waals surface area contributed by atoms with E-state index in [2.05, 4.69) is 0 Å². The molecule has 0 atom stereocenters. The van der Waals surface area contributed by atoms with Gasteiger partial charge < -0.3 is 14.0 Å². The molecule has 0 aliphatic rings. The van der Waals surface area contributed by atoms with Gasteiger partial charge in [0.2, 0.25) is 0 Å². The van der Waals surface area contributed by atoms with Gasteiger partial charge in [-0.15, -0.1) is 0 Å². The van der Waals surface area contributed by atoms with E-state index < -0.39 is 0 Å². The fourth-order valence-corrected chi connectivity index (χ4v) is 1.99. The van der Waals surface area contributed by atoms with E-state index in [1.54, 1.807) is 7.11 Å². The quantitative estimate of drug-likeness (QED) is 0.762. The summed E-state index contributed by atoms with van der Waals surface area (Å²) in [4.78, 5) is 11.9. The van der Waals surface area contributed by atoms with Crippen molar-refractivity contribution < 1.29 is 14.3 Å². The predicted octanol–water partition coefficient (Wildman–Crippen LogP) is 2.46. The Morgan fingerprint density at radius 2 is 2.11 bits per heavy atom. The van der Waals surface area contributed by atoms with Gasteiger partial charge in [0.1, 0.15) is 0 Å². The van der Waals surface area contributed by atoms with Crippen molar-refractivity contribution >= 4 is 16.9 Å². The lowest BCUT2D eigenvalue weighted by Gasteiger charge is -2.03. The smallest absolute Gasteiger partial charge is 0.340 e. The van der Waals surface area contributed by atoms with Gasteiger partial charge in [-0.05, 0) is 13.0 Å². The van der Waals surface area contributed by atoms with Crippen LogP contribution >= 0.6 is 0 Å². The number of fused-ring (bicyclic) bond motifs is 1. The lowest BCUT2D eigenvalue weighted by molar-refractivity contribution is 0.0528. The first kappa shape index (κ1) is 12.6. The number of hydrogen-bond acceptors (Lipinski definition) is 3. The molecule has 2 aromatic rings. The summed E-state index contributed by atoms with van der Waals surface area (Å²) in [5.41, 5.74) is 1.64. The molecular weight excluding hydrogens is 230 g/mol. The van der Waals surface area contributed by atoms with Crippen molar-refractivity contribution in [2.24, 2.45) is 0 Å². The second-order valence-electron chi connectivity index (χ2n) is 3.97. The van der Waals surface area contributed by atoms with Crippen LogP contribution in [0.5, 0.6) is 0 Å². The molecule has 0 amide bonds. The van der Waals surface area contributed by atoms with Crippen LogP contribution in [0.2, 0.25) is 0 Å². The molecule has 0 bridgehead atoms. The van der Waals surface area contributed by atoms with E-state index in [0.717, 1.165) is 17.4 Å². The molecule has 1 aromatic carbocycles. The van der Waals surface area contributed by atoms with Gasteiger partial charge in [0.15, 0.2) is 0 Å². The van der Waals surface area contributed by atoms with Crippen LogP contribution in [0.1, 0.15) is 17.3 Å². The summed E-state index contributed by atoms with van der Waals surface area (Å²) in [6, 6.07) is 7.81. The molecule has 0 saturated carbocycles. The zero-order chi connectivity index (χ0) is 13.0. The van der Waals surface area contributed by atoms with Crippen LogP contribution in [-0.4, -0.2) is 30.9 Å². The minimum atomic E-state index is -0.273. The van der Waals surface area contributed by atoms with Gasteiger partial charge >= 0.3 is 5.97 Å². The molecule has 0 aliphatic carbocycles. The largest absolute Gasteiger partial charge is 0.462 e. The maximum atomic E-state index is 11.9. The summed E-state index contributed by atoms with van der Waals surface area (Å²) in [7, 11) is 1.66. The zero-order valence-corrected chi connectivity index (χ0v) is 10.7. The predicted molar refractivity (Wildman–Crippen MR) is 69.8 cm³/mol. The summed E-state index contributed by atoms with van der Waals surface area (Å²) in [5, 5.41) is 0.923. The number of esters is 1. The van der Waals surface area contributed by atoms with Crippen molar-refractivity contribution in [3.63, 3.8) is 0 Å². The van der Waals surface area contributed by atoms with Gasteiger partial charge in [-0.3, -0.25) is 0 Å². The molecule has 96 valence electrons. The van der Waals surface area contributed by atoms with Crippen LogP contribution < -0.4 is 0 Å². The van der Waals surface area contributed by atoms with E-state index in [9.17, 15) is 4.79 Å². The molecule has 1 heterocycles. The van der Waals surface area contributed by atoms with Gasteiger partial charge in [-0.1, -0.05) is 18.2 Å². The van der Waals surface area contributed by atoms with E-state index in [1.807, 2.05) is 42.0 Å². The standard InChI is InChI=1S/C14H17NO3/c1-3-18-14(16)12-10-15(8-9-17-2)13-7-5-4-6-11(12)13/h4-7,10H,3,8-9H2,1-2H3. The van der Waals surface area contributed by atoms with E-state index in [4.69, 9.17) is 9.47 Å². The number of benzene rings is 1. The first-order valence-corrected chi connectivity index (χ1v) is 6.02. The highest BCUT2D eigenvalue weighted by atomic mass is 16.5. The number of rotatable bonds is 5. The van der Waals surface area contributed by atoms with Crippen molar-refractivity contribution in [3.8, 4) is 0 Å². The van der Waals surface area contributed by atoms with Crippen molar-refractivity contribution in [2.75, 3.05) is 20.3 Å². The Hall–Kier alpha value is -1.81. The Morgan fingerprint density at radius 1 is 1.33 bits per heavy atom. The molecular formula is C14H17NO3. The lowest BCUT2D eigenvalue weighted by Crippen LogP contribution is -2.05. The van der Waals surface area contributed by atoms with E-state index in [1.165, 1.54) is 0 Å². The lowest BCUT2D eigenvalue weighted by atomic mass is 10.2. The third kappa shape index (κ3) is 2.38. The number of nitrogens with zero attached hydrogens (tertiary/aromatic N) is 1. The molecule has 2 rings (SSSR count). The van der Waals surface area contributed by atoms with Gasteiger partial charge in [0.25, 0.3) is 0 Å². The highest BCUT2D eigenvalue weighted by Crippen LogP contribution is 2.22. The Morgan fingerprint density at radius 3 is 2.83 bits per heavy atom. The van der Waals surface area contributed by atoms with Crippen LogP contribution in [0, 0.1) is 0 Å². The second kappa shape index (κ2) is 5.69. The van der Waals surface area contributed by atoms with Crippen LogP contribution in [0.3, 0.4) is 0 Å². The minimum Gasteiger partial charge on any atom is -0.462 e. The molecule has 1 aromatic heterocycles. The maximum absolute atomic E-state index is 11.9. The molecule has 0 radical (unpaired) electrons. The maximum Gasteiger partial charge on any atom is 0.340 e. The van der Waals surface area contributed by atoms with Gasteiger partial charge in [0, 0.05) is 30.8 Å². The average Bonchev–Trinajstić information content (AvgIpc) is 2.76. The molecule has 0 saturated heterocycles. The van der Waals surface area contributed by atoms with Crippen LogP contribution in [0.15, 0.2) is 30.5 Å². The van der Waals surface area contributed by atoms with Crippen molar-refractivity contribution in [1.29, 1.82) is 0 Å². The molecule has 0 aliphatic heterocycles. The summed E-state index contributed by atoms with van der Waals surface area (Å²) < 4.78 is 12.2. The fourth-order valence-electron chi connectivity index (χ4n) is 1.99. The highest BCUT2D eigenvalue weighted by Gasteiger charge is 2.15. The summed E-state index contributed by atoms with van der Waals surface area (Å²) in [6.45, 7) is 3.52. The number of carbonyl (C=O) groups is 1. The molecule has 4 heteroatoms. The second-order valence-corrected chi connectivity index (χ2v) is 3.97. The topological polar surface area (TPSA) is 40.5 Å². The van der Waals surface area contributed by atoms with Crippen molar-refractivity contribution in [2.45, 2.75) is 13.5 Å². The monoisotopic (exact) mass is 247 g/mol. The van der Waals surface area contributed by atoms with E-state index in [0.29, 0.717) is 18.8 Å². The van der Waals surface area contributed by atoms with Crippen molar-refractivity contribution in [1.82, 2.24) is 4.57 Å². The average molecular weight is 247 g/mol. The van der Waals surface area contributed by atoms with Gasteiger partial charge in [-0.2, -0.15) is 0 Å². The first-order chi connectivity index (χ1) is 8.77. The number of para-hydroxylation sites is 1. The van der Waals surface area contributed by atoms with Crippen LogP contribution in [-0.2, 0) is 16.0 Å². The summed E-state index contributed by atoms with van der Waals surface area (Å²) in [6.07, 6.45) is 1.84. The third-order valence-electron chi connectivity index (χ3n) is 2.82. The number of methoxy groups -OCH3 is 1. The Kier molecular flexibility index (Phi) is 3.99. The van der Waals surface area contributed by atoms with Crippen LogP contribution in [0.4, 0.5) is 0 Å². The zero-order valence-electron chi connectivity index (χ0n) is 10.7. The molecule has 0 spiro atoms. The SMILES string of the molecule is CCOC(=O)c1cn(CCOC)c2ccccc12. The van der Waals surface area contributed by atoms with Crippen molar-refractivity contribution in [3.05, 3.63) is 36.0 Å². The normalized spacial score (nSPS) is 10.8. The van der Waals surface area contributed by atoms with Gasteiger partial charge in [-0.25, -0.2) is 4.79 Å². The Bertz CT molecular complexity index is 545. The number of hydrogen-bond donors (Lipinski definition) is 0. The van der Waals surface area contributed by atoms with E-state index >= 15 is 0 Å².